The van der Waals surface area contributed by atoms with Crippen molar-refractivity contribution >= 4 is 14.0 Å². The maximum absolute atomic E-state index is 14.1. The molecule has 0 saturated carbocycles. The smallest absolute Gasteiger partial charge is 0.334 e. The van der Waals surface area contributed by atoms with Crippen LogP contribution in [0.1, 0.15) is 43.5 Å². The lowest BCUT2D eigenvalue weighted by Crippen LogP contribution is -2.44. The summed E-state index contributed by atoms with van der Waals surface area (Å²) in [5.74, 6) is 3.45. The molecule has 0 aliphatic rings. The fourth-order valence-corrected chi connectivity index (χ4v) is 4.88. The van der Waals surface area contributed by atoms with Gasteiger partial charge in [-0.1, -0.05) is 62.1 Å². The lowest BCUT2D eigenvalue weighted by atomic mass is 9.91. The Bertz CT molecular complexity index is 1360. The number of aliphatic hydroxyl groups excluding tert-OH is 1. The first kappa shape index (κ1) is 27.3. The van der Waals surface area contributed by atoms with Crippen LogP contribution in [0.2, 0.25) is 0 Å². The van der Waals surface area contributed by atoms with Crippen LogP contribution in [-0.2, 0) is 13.9 Å². The molecule has 3 unspecified atom stereocenters. The summed E-state index contributed by atoms with van der Waals surface area (Å²) in [4.78, 5) is 17.0. The molecule has 2 aromatic carbocycles. The van der Waals surface area contributed by atoms with Crippen LogP contribution in [0.4, 0.5) is 4.39 Å². The Balaban J connectivity index is 2.42. The Morgan fingerprint density at radius 3 is 2.31 bits per heavy atom. The van der Waals surface area contributed by atoms with Gasteiger partial charge in [0.25, 0.3) is 0 Å². The van der Waals surface area contributed by atoms with Crippen molar-refractivity contribution in [1.29, 1.82) is 0 Å². The predicted octanol–water partition coefficient (Wildman–Crippen LogP) is 5.66. The molecule has 0 fully saturated rings. The van der Waals surface area contributed by atoms with E-state index >= 15 is 0 Å². The fraction of sp³-hybridized carbons (Fsp3) is 0.286. The number of carboxylic acids is 1. The highest BCUT2D eigenvalue weighted by Gasteiger charge is 2.48. The van der Waals surface area contributed by atoms with Crippen molar-refractivity contribution in [3.8, 4) is 34.2 Å². The van der Waals surface area contributed by atoms with Crippen LogP contribution in [0.25, 0.3) is 22.4 Å². The summed E-state index contributed by atoms with van der Waals surface area (Å²) in [7, 11) is -2.19. The number of benzene rings is 2. The normalized spacial score (nSPS) is 14.4. The zero-order valence-corrected chi connectivity index (χ0v) is 21.8. The van der Waals surface area contributed by atoms with Gasteiger partial charge in [0.2, 0.25) is 13.2 Å². The maximum atomic E-state index is 14.1. The number of nitrogens with zero attached hydrogens (tertiary/aromatic N) is 1. The van der Waals surface area contributed by atoms with Crippen LogP contribution < -0.4 is 0 Å². The van der Waals surface area contributed by atoms with Crippen molar-refractivity contribution in [2.24, 2.45) is 0 Å². The molecule has 0 bridgehead atoms. The standard InChI is InChI=1S/C28H29FNO5P/c1-17(2)26-22(13-14-28(19(4)31,27(32)33)36(34)35-5)23(21-11-12-24(29)18(3)15-21)16-25(30-26)20-9-7-6-8-10-20/h6-12,15-17,19,31,36H,1-5H3,(H,32,33). The summed E-state index contributed by atoms with van der Waals surface area (Å²) in [6.07, 6.45) is -1.58. The first-order chi connectivity index (χ1) is 17.0. The van der Waals surface area contributed by atoms with Crippen molar-refractivity contribution in [1.82, 2.24) is 4.98 Å². The molecule has 8 heteroatoms. The number of carboxylic acid groups (broad SMARTS) is 1. The first-order valence-electron chi connectivity index (χ1n) is 11.4. The van der Waals surface area contributed by atoms with Gasteiger partial charge in [-0.3, -0.25) is 9.55 Å². The van der Waals surface area contributed by atoms with E-state index in [-0.39, 0.29) is 11.7 Å². The molecule has 188 valence electrons. The maximum Gasteiger partial charge on any atom is 0.334 e. The molecule has 0 radical (unpaired) electrons. The van der Waals surface area contributed by atoms with Crippen LogP contribution in [0, 0.1) is 24.6 Å². The van der Waals surface area contributed by atoms with Gasteiger partial charge >= 0.3 is 5.97 Å². The summed E-state index contributed by atoms with van der Waals surface area (Å²) < 4.78 is 31.7. The summed E-state index contributed by atoms with van der Waals surface area (Å²) in [6, 6.07) is 16.0. The third-order valence-corrected chi connectivity index (χ3v) is 7.76. The van der Waals surface area contributed by atoms with Gasteiger partial charge in [0.05, 0.1) is 23.1 Å². The van der Waals surface area contributed by atoms with E-state index in [1.807, 2.05) is 50.2 Å². The monoisotopic (exact) mass is 509 g/mol. The number of aliphatic hydroxyl groups is 1. The molecule has 0 aliphatic heterocycles. The lowest BCUT2D eigenvalue weighted by Gasteiger charge is -2.25. The topological polar surface area (TPSA) is 96.7 Å². The first-order valence-corrected chi connectivity index (χ1v) is 12.7. The van der Waals surface area contributed by atoms with Gasteiger partial charge in [0.15, 0.2) is 0 Å². The minimum atomic E-state index is -3.31. The second-order valence-electron chi connectivity index (χ2n) is 8.83. The molecule has 3 rings (SSSR count). The van der Waals surface area contributed by atoms with Crippen molar-refractivity contribution in [3.63, 3.8) is 0 Å². The van der Waals surface area contributed by atoms with Gasteiger partial charge in [0, 0.05) is 18.2 Å². The highest BCUT2D eigenvalue weighted by Crippen LogP contribution is 2.43. The van der Waals surface area contributed by atoms with E-state index in [9.17, 15) is 24.0 Å². The van der Waals surface area contributed by atoms with E-state index in [4.69, 9.17) is 9.51 Å². The summed E-state index contributed by atoms with van der Waals surface area (Å²) in [6.45, 7) is 6.73. The van der Waals surface area contributed by atoms with Gasteiger partial charge in [-0.2, -0.15) is 0 Å². The number of aromatic nitrogens is 1. The summed E-state index contributed by atoms with van der Waals surface area (Å²) in [5, 5.41) is 17.9. The van der Waals surface area contributed by atoms with E-state index < -0.39 is 25.3 Å². The molecule has 6 nitrogen and oxygen atoms in total. The third-order valence-electron chi connectivity index (χ3n) is 5.99. The molecule has 2 N–H and O–H groups in total. The second-order valence-corrected chi connectivity index (χ2v) is 10.6. The Hall–Kier alpha value is -3.30. The number of rotatable bonds is 7. The fourth-order valence-electron chi connectivity index (χ4n) is 3.88. The zero-order valence-electron chi connectivity index (χ0n) is 20.8. The molecule has 3 aromatic rings. The van der Waals surface area contributed by atoms with Crippen LogP contribution in [0.5, 0.6) is 0 Å². The average Bonchev–Trinajstić information content (AvgIpc) is 2.85. The Morgan fingerprint density at radius 2 is 1.78 bits per heavy atom. The number of hydrogen-bond acceptors (Lipinski definition) is 5. The molecule has 36 heavy (non-hydrogen) atoms. The number of pyridine rings is 1. The highest BCUT2D eigenvalue weighted by molar-refractivity contribution is 7.43. The largest absolute Gasteiger partial charge is 0.480 e. The Labute approximate surface area is 211 Å². The minimum Gasteiger partial charge on any atom is -0.480 e. The van der Waals surface area contributed by atoms with Crippen LogP contribution in [0.15, 0.2) is 54.6 Å². The predicted molar refractivity (Wildman–Crippen MR) is 139 cm³/mol. The van der Waals surface area contributed by atoms with Crippen molar-refractivity contribution in [2.75, 3.05) is 7.11 Å². The van der Waals surface area contributed by atoms with Crippen molar-refractivity contribution < 1.29 is 28.5 Å². The van der Waals surface area contributed by atoms with Gasteiger partial charge in [-0.05, 0) is 49.1 Å². The van der Waals surface area contributed by atoms with Gasteiger partial charge in [-0.25, -0.2) is 9.18 Å². The van der Waals surface area contributed by atoms with Gasteiger partial charge in [-0.15, -0.1) is 0 Å². The molecule has 0 amide bonds. The SMILES string of the molecule is CO[PH](=O)C(C#Cc1c(-c2ccc(F)c(C)c2)cc(-c2ccccc2)nc1C(C)C)(C(=O)O)C(C)O. The number of halogens is 1. The second kappa shape index (κ2) is 11.2. The lowest BCUT2D eigenvalue weighted by molar-refractivity contribution is -0.141. The Morgan fingerprint density at radius 1 is 1.11 bits per heavy atom. The number of aryl methyl sites for hydroxylation is 1. The minimum absolute atomic E-state index is 0.122. The summed E-state index contributed by atoms with van der Waals surface area (Å²) in [5.41, 5.74) is 4.25. The van der Waals surface area contributed by atoms with E-state index in [0.29, 0.717) is 33.6 Å². The molecule has 1 heterocycles. The quantitative estimate of drug-likeness (QED) is 0.315. The van der Waals surface area contributed by atoms with E-state index in [1.54, 1.807) is 19.1 Å². The number of hydrogen-bond donors (Lipinski definition) is 2. The molecule has 1 aromatic heterocycles. The van der Waals surface area contributed by atoms with Crippen LogP contribution >= 0.6 is 8.03 Å². The molecular weight excluding hydrogens is 480 g/mol. The molecule has 3 atom stereocenters. The highest BCUT2D eigenvalue weighted by atomic mass is 31.1. The molecule has 0 aliphatic carbocycles. The number of carbonyl (C=O) groups is 1. The van der Waals surface area contributed by atoms with Gasteiger partial charge < -0.3 is 14.7 Å². The molecular formula is C28H29FNO5P. The number of aliphatic carboxylic acids is 1. The van der Waals surface area contributed by atoms with Crippen LogP contribution in [-0.4, -0.2) is 39.5 Å². The summed E-state index contributed by atoms with van der Waals surface area (Å²) >= 11 is 0. The molecule has 0 saturated heterocycles. The zero-order chi connectivity index (χ0) is 26.6. The van der Waals surface area contributed by atoms with E-state index in [2.05, 4.69) is 11.8 Å². The van der Waals surface area contributed by atoms with Gasteiger partial charge in [0.1, 0.15) is 5.82 Å². The van der Waals surface area contributed by atoms with Crippen LogP contribution in [0.3, 0.4) is 0 Å². The van der Waals surface area contributed by atoms with Crippen molar-refractivity contribution in [3.05, 3.63) is 77.2 Å². The average molecular weight is 510 g/mol. The van der Waals surface area contributed by atoms with E-state index in [0.717, 1.165) is 12.7 Å². The molecule has 0 spiro atoms. The van der Waals surface area contributed by atoms with E-state index in [1.165, 1.54) is 13.0 Å². The Kier molecular flexibility index (Phi) is 8.47. The third kappa shape index (κ3) is 5.27. The van der Waals surface area contributed by atoms with Crippen molar-refractivity contribution in [2.45, 2.75) is 44.9 Å².